The molecule has 0 bridgehead atoms. The van der Waals surface area contributed by atoms with Crippen LogP contribution >= 0.6 is 0 Å². The molecular formula is C26H27N3O3. The summed E-state index contributed by atoms with van der Waals surface area (Å²) in [5.41, 5.74) is 4.98. The lowest BCUT2D eigenvalue weighted by molar-refractivity contribution is -0.117. The topological polar surface area (TPSA) is 95.3 Å². The van der Waals surface area contributed by atoms with Crippen LogP contribution in [0.5, 0.6) is 11.5 Å². The standard InChI is InChI=1S/C26H27N3O3/c30-19-9-6-17(7-10-19)24-26(28-23(32)14-16-4-2-1-3-5-16)27-22-13-8-18-15-20(31)11-12-21(18)25(22)29-24/h6-7,9-12,15-16,30-31H,1-5,8,13-14H2,(H,27,28,32). The van der Waals surface area contributed by atoms with Gasteiger partial charge in [-0.05, 0) is 79.6 Å². The smallest absolute Gasteiger partial charge is 0.225 e. The van der Waals surface area contributed by atoms with Crippen molar-refractivity contribution >= 4 is 11.7 Å². The van der Waals surface area contributed by atoms with Crippen molar-refractivity contribution in [1.29, 1.82) is 0 Å². The number of carbonyl (C=O) groups excluding carboxylic acids is 1. The number of aryl methyl sites for hydroxylation is 2. The quantitative estimate of drug-likeness (QED) is 0.528. The Labute approximate surface area is 187 Å². The number of aromatic hydroxyl groups is 2. The molecule has 164 valence electrons. The van der Waals surface area contributed by atoms with Gasteiger partial charge in [0.15, 0.2) is 5.82 Å². The first kappa shape index (κ1) is 20.5. The largest absolute Gasteiger partial charge is 0.508 e. The zero-order valence-corrected chi connectivity index (χ0v) is 18.0. The van der Waals surface area contributed by atoms with Gasteiger partial charge >= 0.3 is 0 Å². The summed E-state index contributed by atoms with van der Waals surface area (Å²) in [4.78, 5) is 22.7. The van der Waals surface area contributed by atoms with Crippen LogP contribution in [0.3, 0.4) is 0 Å². The van der Waals surface area contributed by atoms with Gasteiger partial charge in [0.1, 0.15) is 17.2 Å². The van der Waals surface area contributed by atoms with Crippen LogP contribution in [0.4, 0.5) is 5.82 Å². The van der Waals surface area contributed by atoms with E-state index in [1.165, 1.54) is 19.3 Å². The lowest BCUT2D eigenvalue weighted by Crippen LogP contribution is -2.20. The number of phenols is 2. The van der Waals surface area contributed by atoms with Crippen molar-refractivity contribution in [3.63, 3.8) is 0 Å². The highest BCUT2D eigenvalue weighted by atomic mass is 16.3. The maximum atomic E-state index is 12.9. The third-order valence-corrected chi connectivity index (χ3v) is 6.54. The number of anilines is 1. The van der Waals surface area contributed by atoms with Gasteiger partial charge in [-0.15, -0.1) is 0 Å². The molecule has 0 unspecified atom stereocenters. The van der Waals surface area contributed by atoms with Crippen LogP contribution in [0.1, 0.15) is 49.8 Å². The summed E-state index contributed by atoms with van der Waals surface area (Å²) in [5.74, 6) is 1.30. The van der Waals surface area contributed by atoms with Crippen molar-refractivity contribution in [3.05, 3.63) is 53.7 Å². The second-order valence-corrected chi connectivity index (χ2v) is 8.86. The third-order valence-electron chi connectivity index (χ3n) is 6.54. The summed E-state index contributed by atoms with van der Waals surface area (Å²) in [5, 5.41) is 22.6. The molecule has 1 heterocycles. The number of hydrogen-bond acceptors (Lipinski definition) is 5. The number of nitrogens with zero attached hydrogens (tertiary/aromatic N) is 2. The molecule has 0 saturated heterocycles. The fraction of sp³-hybridized carbons (Fsp3) is 0.346. The molecule has 6 nitrogen and oxygen atoms in total. The average Bonchev–Trinajstić information content (AvgIpc) is 2.79. The van der Waals surface area contributed by atoms with E-state index in [9.17, 15) is 15.0 Å². The van der Waals surface area contributed by atoms with E-state index in [2.05, 4.69) is 5.32 Å². The van der Waals surface area contributed by atoms with E-state index in [1.54, 1.807) is 36.4 Å². The van der Waals surface area contributed by atoms with Crippen LogP contribution < -0.4 is 5.32 Å². The second-order valence-electron chi connectivity index (χ2n) is 8.86. The first-order valence-corrected chi connectivity index (χ1v) is 11.4. The Hall–Kier alpha value is -3.41. The van der Waals surface area contributed by atoms with Crippen LogP contribution in [0.2, 0.25) is 0 Å². The first-order valence-electron chi connectivity index (χ1n) is 11.4. The molecule has 5 rings (SSSR count). The molecule has 2 aromatic carbocycles. The van der Waals surface area contributed by atoms with Gasteiger partial charge in [0.05, 0.1) is 11.4 Å². The third kappa shape index (κ3) is 4.17. The highest BCUT2D eigenvalue weighted by Gasteiger charge is 2.24. The number of benzene rings is 2. The predicted molar refractivity (Wildman–Crippen MR) is 123 cm³/mol. The van der Waals surface area contributed by atoms with E-state index in [-0.39, 0.29) is 17.4 Å². The summed E-state index contributed by atoms with van der Waals surface area (Å²) in [6.45, 7) is 0. The number of amides is 1. The SMILES string of the molecule is O=C(CC1CCCCC1)Nc1nc2c(nc1-c1ccc(O)cc1)-c1ccc(O)cc1CC2. The van der Waals surface area contributed by atoms with Gasteiger partial charge < -0.3 is 15.5 Å². The number of hydrogen-bond donors (Lipinski definition) is 3. The zero-order chi connectivity index (χ0) is 22.1. The zero-order valence-electron chi connectivity index (χ0n) is 18.0. The minimum Gasteiger partial charge on any atom is -0.508 e. The van der Waals surface area contributed by atoms with Crippen LogP contribution in [-0.2, 0) is 17.6 Å². The van der Waals surface area contributed by atoms with Crippen molar-refractivity contribution in [2.45, 2.75) is 51.4 Å². The Balaban J connectivity index is 1.53. The van der Waals surface area contributed by atoms with Gasteiger partial charge in [-0.1, -0.05) is 19.3 Å². The Morgan fingerprint density at radius 1 is 0.906 bits per heavy atom. The van der Waals surface area contributed by atoms with Crippen molar-refractivity contribution < 1.29 is 15.0 Å². The Bertz CT molecular complexity index is 1150. The molecule has 0 spiro atoms. The average molecular weight is 430 g/mol. The number of fused-ring (bicyclic) bond motifs is 3. The van der Waals surface area contributed by atoms with E-state index in [1.807, 2.05) is 6.07 Å². The van der Waals surface area contributed by atoms with Crippen molar-refractivity contribution in [2.75, 3.05) is 5.32 Å². The normalized spacial score (nSPS) is 15.6. The number of nitrogens with one attached hydrogen (secondary N) is 1. The van der Waals surface area contributed by atoms with Crippen molar-refractivity contribution in [2.24, 2.45) is 5.92 Å². The molecule has 0 aliphatic heterocycles. The molecule has 1 saturated carbocycles. The lowest BCUT2D eigenvalue weighted by Gasteiger charge is -2.23. The molecule has 1 fully saturated rings. The second kappa shape index (κ2) is 8.61. The van der Waals surface area contributed by atoms with E-state index < -0.39 is 0 Å². The summed E-state index contributed by atoms with van der Waals surface area (Å²) in [7, 11) is 0. The van der Waals surface area contributed by atoms with Crippen LogP contribution in [-0.4, -0.2) is 26.1 Å². The fourth-order valence-electron chi connectivity index (χ4n) is 4.88. The maximum Gasteiger partial charge on any atom is 0.225 e. The fourth-order valence-corrected chi connectivity index (χ4v) is 4.88. The highest BCUT2D eigenvalue weighted by molar-refractivity contribution is 5.94. The molecular weight excluding hydrogens is 402 g/mol. The maximum absolute atomic E-state index is 12.9. The predicted octanol–water partition coefficient (Wildman–Crippen LogP) is 5.23. The number of phenolic OH excluding ortho intramolecular Hbond substituents is 2. The molecule has 3 aromatic rings. The van der Waals surface area contributed by atoms with Crippen molar-refractivity contribution in [3.8, 4) is 34.0 Å². The van der Waals surface area contributed by atoms with E-state index in [4.69, 9.17) is 9.97 Å². The monoisotopic (exact) mass is 429 g/mol. The van der Waals surface area contributed by atoms with E-state index in [0.717, 1.165) is 47.3 Å². The Morgan fingerprint density at radius 3 is 2.44 bits per heavy atom. The van der Waals surface area contributed by atoms with Gasteiger partial charge in [0.2, 0.25) is 5.91 Å². The molecule has 1 aromatic heterocycles. The molecule has 3 N–H and O–H groups in total. The Morgan fingerprint density at radius 2 is 1.66 bits per heavy atom. The molecule has 2 aliphatic carbocycles. The summed E-state index contributed by atoms with van der Waals surface area (Å²) < 4.78 is 0. The summed E-state index contributed by atoms with van der Waals surface area (Å²) in [6.07, 6.45) is 7.85. The Kier molecular flexibility index (Phi) is 5.52. The lowest BCUT2D eigenvalue weighted by atomic mass is 9.87. The molecule has 0 radical (unpaired) electrons. The molecule has 0 atom stereocenters. The molecule has 32 heavy (non-hydrogen) atoms. The number of carbonyl (C=O) groups is 1. The van der Waals surface area contributed by atoms with Crippen LogP contribution in [0, 0.1) is 5.92 Å². The molecule has 2 aliphatic rings. The van der Waals surface area contributed by atoms with Crippen LogP contribution in [0.15, 0.2) is 42.5 Å². The van der Waals surface area contributed by atoms with Crippen LogP contribution in [0.25, 0.3) is 22.5 Å². The minimum atomic E-state index is -0.0210. The molecule has 6 heteroatoms. The van der Waals surface area contributed by atoms with Gasteiger partial charge in [0.25, 0.3) is 0 Å². The van der Waals surface area contributed by atoms with Gasteiger partial charge in [0, 0.05) is 17.5 Å². The summed E-state index contributed by atoms with van der Waals surface area (Å²) >= 11 is 0. The minimum absolute atomic E-state index is 0.0210. The van der Waals surface area contributed by atoms with Gasteiger partial charge in [-0.3, -0.25) is 4.79 Å². The molecule has 1 amide bonds. The van der Waals surface area contributed by atoms with Gasteiger partial charge in [-0.2, -0.15) is 0 Å². The van der Waals surface area contributed by atoms with Crippen molar-refractivity contribution in [1.82, 2.24) is 9.97 Å². The number of rotatable bonds is 4. The van der Waals surface area contributed by atoms with E-state index >= 15 is 0 Å². The first-order chi connectivity index (χ1) is 15.6. The highest BCUT2D eigenvalue weighted by Crippen LogP contribution is 2.37. The van der Waals surface area contributed by atoms with Gasteiger partial charge in [-0.25, -0.2) is 9.97 Å². The van der Waals surface area contributed by atoms with E-state index in [0.29, 0.717) is 30.3 Å². The summed E-state index contributed by atoms with van der Waals surface area (Å²) in [6, 6.07) is 12.1. The number of aromatic nitrogens is 2.